The quantitative estimate of drug-likeness (QED) is 0.224. The Balaban J connectivity index is 0.00000363. The van der Waals surface area contributed by atoms with E-state index in [9.17, 15) is 4.79 Å². The van der Waals surface area contributed by atoms with E-state index in [1.165, 1.54) is 5.56 Å². The highest BCUT2D eigenvalue weighted by Crippen LogP contribution is 2.18. The first-order valence-corrected chi connectivity index (χ1v) is 11.0. The molecular weight excluding hydrogens is 521 g/mol. The van der Waals surface area contributed by atoms with Crippen LogP contribution in [0.3, 0.4) is 0 Å². The summed E-state index contributed by atoms with van der Waals surface area (Å²) in [5.41, 5.74) is 3.29. The molecule has 2 aromatic rings. The molecule has 1 aromatic carbocycles. The van der Waals surface area contributed by atoms with Crippen LogP contribution in [0.4, 0.5) is 0 Å². The van der Waals surface area contributed by atoms with Crippen molar-refractivity contribution in [3.8, 4) is 5.75 Å². The molecule has 0 atom stereocenters. The zero-order valence-electron chi connectivity index (χ0n) is 19.1. The number of aromatic nitrogens is 1. The van der Waals surface area contributed by atoms with Gasteiger partial charge < -0.3 is 25.2 Å². The molecular formula is C23H34IN5O3. The number of benzene rings is 1. The maximum Gasteiger partial charge on any atom is 0.258 e. The standard InChI is InChI=1S/C23H33N5O3.HI/c1-4-20-19(21(5-2)31-28-20)14-26-23(24-3)25-13-12-16-6-10-18(11-7-16)30-15-22(29)27-17-8-9-17;/h6-7,10-11,17H,4-5,8-9,12-15H2,1-3H3,(H,27,29)(H2,24,25,26);1H. The van der Waals surface area contributed by atoms with Gasteiger partial charge in [0.1, 0.15) is 11.5 Å². The molecule has 3 rings (SSSR count). The fourth-order valence-corrected chi connectivity index (χ4v) is 3.25. The van der Waals surface area contributed by atoms with Gasteiger partial charge in [0.15, 0.2) is 12.6 Å². The second-order valence-corrected chi connectivity index (χ2v) is 7.62. The van der Waals surface area contributed by atoms with Crippen molar-refractivity contribution in [2.24, 2.45) is 4.99 Å². The Kier molecular flexibility index (Phi) is 10.8. The van der Waals surface area contributed by atoms with E-state index in [0.717, 1.165) is 61.6 Å². The lowest BCUT2D eigenvalue weighted by Gasteiger charge is -2.12. The van der Waals surface area contributed by atoms with E-state index in [2.05, 4.69) is 39.9 Å². The first kappa shape index (κ1) is 26.0. The Hall–Kier alpha value is -2.30. The normalized spacial score (nSPS) is 13.3. The fourth-order valence-electron chi connectivity index (χ4n) is 3.25. The minimum Gasteiger partial charge on any atom is -0.484 e. The van der Waals surface area contributed by atoms with Crippen LogP contribution in [-0.4, -0.2) is 43.3 Å². The molecule has 0 unspecified atom stereocenters. The van der Waals surface area contributed by atoms with Crippen molar-refractivity contribution in [1.29, 1.82) is 0 Å². The minimum atomic E-state index is -0.0574. The molecule has 0 saturated heterocycles. The van der Waals surface area contributed by atoms with Crippen molar-refractivity contribution in [3.63, 3.8) is 0 Å². The predicted octanol–water partition coefficient (Wildman–Crippen LogP) is 2.98. The van der Waals surface area contributed by atoms with Crippen LogP contribution < -0.4 is 20.7 Å². The number of carbonyl (C=O) groups excluding carboxylic acids is 1. The van der Waals surface area contributed by atoms with Gasteiger partial charge in [-0.1, -0.05) is 31.1 Å². The van der Waals surface area contributed by atoms with Gasteiger partial charge in [-0.3, -0.25) is 9.79 Å². The highest BCUT2D eigenvalue weighted by molar-refractivity contribution is 14.0. The van der Waals surface area contributed by atoms with Crippen molar-refractivity contribution in [1.82, 2.24) is 21.1 Å². The lowest BCUT2D eigenvalue weighted by atomic mass is 10.1. The zero-order valence-corrected chi connectivity index (χ0v) is 21.4. The zero-order chi connectivity index (χ0) is 22.1. The van der Waals surface area contributed by atoms with E-state index >= 15 is 0 Å². The molecule has 3 N–H and O–H groups in total. The molecule has 1 amide bonds. The monoisotopic (exact) mass is 555 g/mol. The average Bonchev–Trinajstić information content (AvgIpc) is 3.51. The molecule has 1 aliphatic carbocycles. The molecule has 0 radical (unpaired) electrons. The fraction of sp³-hybridized carbons (Fsp3) is 0.522. The molecule has 0 spiro atoms. The summed E-state index contributed by atoms with van der Waals surface area (Å²) in [5.74, 6) is 2.31. The van der Waals surface area contributed by atoms with Gasteiger partial charge in [0, 0.05) is 38.2 Å². The van der Waals surface area contributed by atoms with Crippen LogP contribution in [0, 0.1) is 0 Å². The Labute approximate surface area is 207 Å². The van der Waals surface area contributed by atoms with Crippen LogP contribution in [0.1, 0.15) is 49.3 Å². The number of hydrogen-bond acceptors (Lipinski definition) is 5. The average molecular weight is 555 g/mol. The molecule has 1 aliphatic rings. The summed E-state index contributed by atoms with van der Waals surface area (Å²) >= 11 is 0. The van der Waals surface area contributed by atoms with Crippen LogP contribution in [0.5, 0.6) is 5.75 Å². The number of nitrogens with zero attached hydrogens (tertiary/aromatic N) is 2. The molecule has 176 valence electrons. The number of carbonyl (C=O) groups is 1. The van der Waals surface area contributed by atoms with Crippen LogP contribution >= 0.6 is 24.0 Å². The van der Waals surface area contributed by atoms with Crippen LogP contribution in [0.25, 0.3) is 0 Å². The van der Waals surface area contributed by atoms with E-state index < -0.39 is 0 Å². The predicted molar refractivity (Wildman–Crippen MR) is 136 cm³/mol. The van der Waals surface area contributed by atoms with E-state index in [-0.39, 0.29) is 36.5 Å². The molecule has 1 fully saturated rings. The Bertz CT molecular complexity index is 857. The lowest BCUT2D eigenvalue weighted by molar-refractivity contribution is -0.123. The van der Waals surface area contributed by atoms with Gasteiger partial charge in [-0.05, 0) is 43.4 Å². The van der Waals surface area contributed by atoms with E-state index in [0.29, 0.717) is 18.3 Å². The van der Waals surface area contributed by atoms with Gasteiger partial charge in [-0.15, -0.1) is 24.0 Å². The maximum absolute atomic E-state index is 11.7. The van der Waals surface area contributed by atoms with Crippen LogP contribution in [0.15, 0.2) is 33.8 Å². The Morgan fingerprint density at radius 1 is 1.19 bits per heavy atom. The summed E-state index contributed by atoms with van der Waals surface area (Å²) in [4.78, 5) is 16.0. The number of nitrogens with one attached hydrogen (secondary N) is 3. The van der Waals surface area contributed by atoms with Gasteiger partial charge in [0.25, 0.3) is 5.91 Å². The number of amides is 1. The number of aliphatic imine (C=N–C) groups is 1. The lowest BCUT2D eigenvalue weighted by Crippen LogP contribution is -2.38. The first-order chi connectivity index (χ1) is 15.1. The molecule has 1 saturated carbocycles. The molecule has 8 nitrogen and oxygen atoms in total. The molecule has 0 aliphatic heterocycles. The topological polar surface area (TPSA) is 101 Å². The number of ether oxygens (including phenoxy) is 1. The van der Waals surface area contributed by atoms with E-state index in [1.54, 1.807) is 7.05 Å². The van der Waals surface area contributed by atoms with E-state index in [4.69, 9.17) is 9.26 Å². The molecule has 0 bridgehead atoms. The number of guanidine groups is 1. The second-order valence-electron chi connectivity index (χ2n) is 7.62. The second kappa shape index (κ2) is 13.3. The van der Waals surface area contributed by atoms with E-state index in [1.807, 2.05) is 24.3 Å². The smallest absolute Gasteiger partial charge is 0.258 e. The molecule has 1 heterocycles. The van der Waals surface area contributed by atoms with Crippen molar-refractivity contribution >= 4 is 35.8 Å². The van der Waals surface area contributed by atoms with Gasteiger partial charge in [0.2, 0.25) is 0 Å². The third-order valence-electron chi connectivity index (χ3n) is 5.21. The summed E-state index contributed by atoms with van der Waals surface area (Å²) in [7, 11) is 1.76. The van der Waals surface area contributed by atoms with Gasteiger partial charge in [0.05, 0.1) is 5.69 Å². The SMILES string of the molecule is CCc1noc(CC)c1CNC(=NC)NCCc1ccc(OCC(=O)NC2CC2)cc1.I. The van der Waals surface area contributed by atoms with Crippen LogP contribution in [-0.2, 0) is 30.6 Å². The summed E-state index contributed by atoms with van der Waals surface area (Å²) in [6, 6.07) is 8.19. The molecule has 32 heavy (non-hydrogen) atoms. The minimum absolute atomic E-state index is 0. The summed E-state index contributed by atoms with van der Waals surface area (Å²) in [5, 5.41) is 13.7. The maximum atomic E-state index is 11.7. The van der Waals surface area contributed by atoms with Gasteiger partial charge in [-0.2, -0.15) is 0 Å². The van der Waals surface area contributed by atoms with Crippen molar-refractivity contribution < 1.29 is 14.1 Å². The number of rotatable bonds is 11. The largest absolute Gasteiger partial charge is 0.484 e. The summed E-state index contributed by atoms with van der Waals surface area (Å²) < 4.78 is 11.0. The number of aryl methyl sites for hydroxylation is 2. The third-order valence-corrected chi connectivity index (χ3v) is 5.21. The van der Waals surface area contributed by atoms with Gasteiger partial charge >= 0.3 is 0 Å². The van der Waals surface area contributed by atoms with Crippen LogP contribution in [0.2, 0.25) is 0 Å². The summed E-state index contributed by atoms with van der Waals surface area (Å²) in [6.07, 6.45) is 4.66. The number of halogens is 1. The van der Waals surface area contributed by atoms with Gasteiger partial charge in [-0.25, -0.2) is 0 Å². The third kappa shape index (κ3) is 7.99. The van der Waals surface area contributed by atoms with Crippen molar-refractivity contribution in [2.75, 3.05) is 20.2 Å². The Morgan fingerprint density at radius 3 is 2.56 bits per heavy atom. The summed E-state index contributed by atoms with van der Waals surface area (Å²) in [6.45, 7) is 5.58. The first-order valence-electron chi connectivity index (χ1n) is 11.0. The highest BCUT2D eigenvalue weighted by atomic mass is 127. The number of hydrogen-bond donors (Lipinski definition) is 3. The highest BCUT2D eigenvalue weighted by Gasteiger charge is 2.23. The molecule has 1 aromatic heterocycles. The van der Waals surface area contributed by atoms with Crippen molar-refractivity contribution in [3.05, 3.63) is 46.8 Å². The van der Waals surface area contributed by atoms with Crippen molar-refractivity contribution in [2.45, 2.75) is 58.5 Å². The molecule has 9 heteroatoms. The Morgan fingerprint density at radius 2 is 1.94 bits per heavy atom.